The maximum atomic E-state index is 13.3. The lowest BCUT2D eigenvalue weighted by Crippen LogP contribution is -2.38. The van der Waals surface area contributed by atoms with Crippen LogP contribution in [0.4, 0.5) is 5.69 Å². The molecule has 2 aliphatic carbocycles. The standard InChI is InChI=1S/C28H31Cl2NO6/c1-27(2)17-7-8-28(27,3)24(10-17)37-26(34)21-6-5-19(12-23(21)36-15-20(14-32)35-4)31-13-16-9-18(29)11-22(30)25(16)33/h5-6,9,11-12,17,24,31,33H,7-8,10,13,15H2,1-4H3. The van der Waals surface area contributed by atoms with Crippen molar-refractivity contribution in [3.8, 4) is 11.5 Å². The molecule has 0 saturated heterocycles. The first-order valence-electron chi connectivity index (χ1n) is 12.2. The highest BCUT2D eigenvalue weighted by atomic mass is 35.5. The number of halogens is 2. The summed E-state index contributed by atoms with van der Waals surface area (Å²) in [6, 6.07) is 8.02. The summed E-state index contributed by atoms with van der Waals surface area (Å²) in [6.45, 7) is 6.74. The molecule has 9 heteroatoms. The Bertz CT molecular complexity index is 1260. The molecule has 0 aliphatic heterocycles. The van der Waals surface area contributed by atoms with Crippen molar-refractivity contribution in [3.63, 3.8) is 0 Å². The van der Waals surface area contributed by atoms with Gasteiger partial charge in [-0.2, -0.15) is 0 Å². The first-order chi connectivity index (χ1) is 17.5. The number of hydrogen-bond acceptors (Lipinski definition) is 7. The lowest BCUT2D eigenvalue weighted by Gasteiger charge is -2.38. The largest absolute Gasteiger partial charge is 0.506 e. The van der Waals surface area contributed by atoms with Crippen LogP contribution in [0.15, 0.2) is 36.1 Å². The van der Waals surface area contributed by atoms with Crippen LogP contribution in [-0.4, -0.2) is 36.8 Å². The van der Waals surface area contributed by atoms with E-state index in [-0.39, 0.29) is 57.9 Å². The first-order valence-corrected chi connectivity index (χ1v) is 12.9. The zero-order valence-corrected chi connectivity index (χ0v) is 22.8. The minimum Gasteiger partial charge on any atom is -0.506 e. The molecule has 3 unspecified atom stereocenters. The molecule has 2 aromatic carbocycles. The minimum absolute atomic E-state index is 0.0430. The second-order valence-corrected chi connectivity index (χ2v) is 11.3. The van der Waals surface area contributed by atoms with Gasteiger partial charge in [0.2, 0.25) is 5.76 Å². The van der Waals surface area contributed by atoms with Crippen molar-refractivity contribution in [2.75, 3.05) is 19.0 Å². The predicted molar refractivity (Wildman–Crippen MR) is 142 cm³/mol. The third-order valence-corrected chi connectivity index (χ3v) is 8.98. The summed E-state index contributed by atoms with van der Waals surface area (Å²) < 4.78 is 16.8. The van der Waals surface area contributed by atoms with Gasteiger partial charge in [-0.05, 0) is 54.9 Å². The molecule has 198 valence electrons. The van der Waals surface area contributed by atoms with Crippen LogP contribution in [0, 0.1) is 16.7 Å². The average Bonchev–Trinajstić information content (AvgIpc) is 3.19. The Morgan fingerprint density at radius 1 is 1.22 bits per heavy atom. The number of anilines is 1. The molecule has 0 aromatic heterocycles. The molecular weight excluding hydrogens is 517 g/mol. The predicted octanol–water partition coefficient (Wildman–Crippen LogP) is 6.42. The summed E-state index contributed by atoms with van der Waals surface area (Å²) >= 11 is 12.1. The summed E-state index contributed by atoms with van der Waals surface area (Å²) in [6.07, 6.45) is 2.84. The van der Waals surface area contributed by atoms with E-state index in [0.717, 1.165) is 19.3 Å². The summed E-state index contributed by atoms with van der Waals surface area (Å²) in [5, 5.41) is 14.0. The Labute approximate surface area is 226 Å². The average molecular weight is 548 g/mol. The maximum Gasteiger partial charge on any atom is 0.342 e. The van der Waals surface area contributed by atoms with Gasteiger partial charge in [0, 0.05) is 34.3 Å². The molecule has 2 saturated carbocycles. The smallest absolute Gasteiger partial charge is 0.342 e. The maximum absolute atomic E-state index is 13.3. The van der Waals surface area contributed by atoms with Crippen LogP contribution in [0.2, 0.25) is 10.0 Å². The Balaban J connectivity index is 1.56. The molecule has 2 aromatic rings. The lowest BCUT2D eigenvalue weighted by molar-refractivity contribution is -0.0244. The topological polar surface area (TPSA) is 94.1 Å². The van der Waals surface area contributed by atoms with Crippen molar-refractivity contribution in [2.24, 2.45) is 16.7 Å². The van der Waals surface area contributed by atoms with Crippen LogP contribution in [0.5, 0.6) is 11.5 Å². The Morgan fingerprint density at radius 2 is 1.97 bits per heavy atom. The van der Waals surface area contributed by atoms with E-state index in [1.165, 1.54) is 13.2 Å². The number of rotatable bonds is 9. The molecule has 2 aliphatic rings. The first kappa shape index (κ1) is 27.2. The molecule has 4 rings (SSSR count). The number of esters is 1. The molecule has 0 heterocycles. The van der Waals surface area contributed by atoms with E-state index in [4.69, 9.17) is 37.4 Å². The van der Waals surface area contributed by atoms with Gasteiger partial charge in [-0.1, -0.05) is 44.0 Å². The monoisotopic (exact) mass is 547 g/mol. The number of hydrogen-bond donors (Lipinski definition) is 2. The molecule has 2 bridgehead atoms. The van der Waals surface area contributed by atoms with Crippen LogP contribution in [0.1, 0.15) is 56.0 Å². The molecular formula is C28H31Cl2NO6. The normalized spacial score (nSPS) is 23.3. The number of carbonyl (C=O) groups is 1. The summed E-state index contributed by atoms with van der Waals surface area (Å²) in [7, 11) is 1.34. The molecule has 0 amide bonds. The fourth-order valence-electron chi connectivity index (χ4n) is 5.65. The third-order valence-electron chi connectivity index (χ3n) is 8.47. The number of nitrogens with one attached hydrogen (secondary N) is 1. The molecule has 7 nitrogen and oxygen atoms in total. The number of methoxy groups -OCH3 is 1. The van der Waals surface area contributed by atoms with E-state index in [1.807, 2.05) is 0 Å². The van der Waals surface area contributed by atoms with Gasteiger partial charge in [0.05, 0.1) is 12.1 Å². The van der Waals surface area contributed by atoms with E-state index in [0.29, 0.717) is 22.2 Å². The van der Waals surface area contributed by atoms with Crippen molar-refractivity contribution >= 4 is 40.8 Å². The van der Waals surface area contributed by atoms with Crippen molar-refractivity contribution in [1.29, 1.82) is 0 Å². The summed E-state index contributed by atoms with van der Waals surface area (Å²) in [5.41, 5.74) is 1.36. The van der Waals surface area contributed by atoms with Crippen LogP contribution in [0.3, 0.4) is 0 Å². The number of carbonyl (C=O) groups excluding carboxylic acids is 2. The highest BCUT2D eigenvalue weighted by molar-refractivity contribution is 6.35. The van der Waals surface area contributed by atoms with Crippen molar-refractivity contribution in [3.05, 3.63) is 57.3 Å². The van der Waals surface area contributed by atoms with Crippen molar-refractivity contribution in [2.45, 2.75) is 52.7 Å². The van der Waals surface area contributed by atoms with Gasteiger partial charge in [-0.25, -0.2) is 9.59 Å². The van der Waals surface area contributed by atoms with Crippen LogP contribution >= 0.6 is 23.2 Å². The van der Waals surface area contributed by atoms with E-state index in [9.17, 15) is 14.7 Å². The second kappa shape index (κ2) is 10.5. The van der Waals surface area contributed by atoms with Crippen molar-refractivity contribution < 1.29 is 28.9 Å². The molecule has 2 fully saturated rings. The van der Waals surface area contributed by atoms with Gasteiger partial charge in [-0.3, -0.25) is 0 Å². The SMILES string of the molecule is COC(=C=O)COc1cc(NCc2cc(Cl)cc(Cl)c2O)ccc1C(=O)OC1CC2CCC1(C)C2(C)C. The minimum atomic E-state index is -0.482. The second-order valence-electron chi connectivity index (χ2n) is 10.5. The number of ether oxygens (including phenoxy) is 3. The van der Waals surface area contributed by atoms with E-state index in [1.54, 1.807) is 30.2 Å². The number of phenolic OH excluding ortho intramolecular Hbond substituents is 1. The van der Waals surface area contributed by atoms with E-state index in [2.05, 4.69) is 26.1 Å². The molecule has 0 spiro atoms. The number of benzene rings is 2. The zero-order chi connectivity index (χ0) is 27.0. The van der Waals surface area contributed by atoms with E-state index < -0.39 is 5.97 Å². The lowest BCUT2D eigenvalue weighted by atomic mass is 9.70. The van der Waals surface area contributed by atoms with Crippen LogP contribution in [0.25, 0.3) is 0 Å². The van der Waals surface area contributed by atoms with Crippen LogP contribution < -0.4 is 10.1 Å². The fourth-order valence-corrected chi connectivity index (χ4v) is 6.18. The van der Waals surface area contributed by atoms with Gasteiger partial charge >= 0.3 is 5.97 Å². The Kier molecular flexibility index (Phi) is 7.70. The Hall–Kier alpha value is -2.86. The summed E-state index contributed by atoms with van der Waals surface area (Å²) in [5.74, 6) is 1.83. The number of aromatic hydroxyl groups is 1. The van der Waals surface area contributed by atoms with Gasteiger partial charge in [-0.15, -0.1) is 0 Å². The molecule has 0 radical (unpaired) electrons. The van der Waals surface area contributed by atoms with E-state index >= 15 is 0 Å². The highest BCUT2D eigenvalue weighted by Crippen LogP contribution is 2.66. The van der Waals surface area contributed by atoms with Gasteiger partial charge < -0.3 is 24.6 Å². The van der Waals surface area contributed by atoms with Gasteiger partial charge in [0.25, 0.3) is 0 Å². The molecule has 3 atom stereocenters. The molecule has 37 heavy (non-hydrogen) atoms. The van der Waals surface area contributed by atoms with Gasteiger partial charge in [0.1, 0.15) is 23.2 Å². The summed E-state index contributed by atoms with van der Waals surface area (Å²) in [4.78, 5) is 24.4. The van der Waals surface area contributed by atoms with Gasteiger partial charge in [0.15, 0.2) is 12.5 Å². The quantitative estimate of drug-likeness (QED) is 0.212. The van der Waals surface area contributed by atoms with Crippen LogP contribution in [-0.2, 0) is 20.8 Å². The molecule has 2 N–H and O–H groups in total. The fraction of sp³-hybridized carbons (Fsp3) is 0.464. The Morgan fingerprint density at radius 3 is 2.59 bits per heavy atom. The number of fused-ring (bicyclic) bond motifs is 2. The zero-order valence-electron chi connectivity index (χ0n) is 21.3. The number of phenols is 1. The highest BCUT2D eigenvalue weighted by Gasteiger charge is 2.62. The van der Waals surface area contributed by atoms with Crippen molar-refractivity contribution in [1.82, 2.24) is 0 Å². The third kappa shape index (κ3) is 5.13.